The molecule has 5 rings (SSSR count). The largest absolute Gasteiger partial charge is 0.350 e. The van der Waals surface area contributed by atoms with Gasteiger partial charge in [0.05, 0.1) is 12.1 Å². The highest BCUT2D eigenvalue weighted by atomic mass is 32.1. The smallest absolute Gasteiger partial charge is 0.228 e. The summed E-state index contributed by atoms with van der Waals surface area (Å²) in [5.41, 5.74) is 4.92. The van der Waals surface area contributed by atoms with Crippen molar-refractivity contribution in [3.05, 3.63) is 78.1 Å². The average molecular weight is 386 g/mol. The summed E-state index contributed by atoms with van der Waals surface area (Å²) in [5.74, 6) is -0.0217. The molecule has 0 radical (unpaired) electrons. The van der Waals surface area contributed by atoms with Crippen LogP contribution in [0.4, 0.5) is 5.69 Å². The standard InChI is InChI=1S/C22H18N4OS/c1-25-13-16(18-4-2-3-5-20(18)25)12-21(27)23-17-8-6-15(7-9-17)19-14-26-10-11-28-22(26)24-19/h2-11,13-14H,12H2,1H3,(H,23,27). The van der Waals surface area contributed by atoms with Crippen LogP contribution < -0.4 is 5.32 Å². The molecule has 3 heterocycles. The van der Waals surface area contributed by atoms with Crippen LogP contribution in [0.1, 0.15) is 5.56 Å². The van der Waals surface area contributed by atoms with Crippen LogP contribution in [-0.4, -0.2) is 19.9 Å². The maximum atomic E-state index is 12.5. The van der Waals surface area contributed by atoms with Crippen molar-refractivity contribution in [1.29, 1.82) is 0 Å². The van der Waals surface area contributed by atoms with Crippen LogP contribution in [-0.2, 0) is 18.3 Å². The molecule has 138 valence electrons. The second-order valence-electron chi connectivity index (χ2n) is 6.80. The molecule has 0 spiro atoms. The molecular formula is C22H18N4OS. The van der Waals surface area contributed by atoms with Crippen molar-refractivity contribution >= 4 is 38.8 Å². The Hall–Kier alpha value is -3.38. The lowest BCUT2D eigenvalue weighted by molar-refractivity contribution is -0.115. The van der Waals surface area contributed by atoms with Gasteiger partial charge in [-0.2, -0.15) is 0 Å². The van der Waals surface area contributed by atoms with Gasteiger partial charge in [-0.1, -0.05) is 30.3 Å². The Kier molecular flexibility index (Phi) is 3.98. The molecule has 0 aliphatic carbocycles. The van der Waals surface area contributed by atoms with Gasteiger partial charge in [0.1, 0.15) is 0 Å². The van der Waals surface area contributed by atoms with Crippen molar-refractivity contribution < 1.29 is 4.79 Å². The SMILES string of the molecule is Cn1cc(CC(=O)Nc2ccc(-c3cn4ccsc4n3)cc2)c2ccccc21. The molecule has 0 atom stereocenters. The van der Waals surface area contributed by atoms with Crippen molar-refractivity contribution in [2.75, 3.05) is 5.32 Å². The molecule has 0 saturated heterocycles. The number of benzene rings is 2. The number of rotatable bonds is 4. The first kappa shape index (κ1) is 16.8. The molecule has 0 aliphatic heterocycles. The third-order valence-electron chi connectivity index (χ3n) is 4.89. The topological polar surface area (TPSA) is 51.3 Å². The van der Waals surface area contributed by atoms with Crippen LogP contribution in [0.15, 0.2) is 72.5 Å². The number of thiazole rings is 1. The second kappa shape index (κ2) is 6.65. The van der Waals surface area contributed by atoms with E-state index in [1.165, 1.54) is 0 Å². The Balaban J connectivity index is 1.31. The summed E-state index contributed by atoms with van der Waals surface area (Å²) in [6.07, 6.45) is 6.39. The quantitative estimate of drug-likeness (QED) is 0.485. The molecule has 5 nitrogen and oxygen atoms in total. The lowest BCUT2D eigenvalue weighted by atomic mass is 10.1. The lowest BCUT2D eigenvalue weighted by Gasteiger charge is -2.06. The minimum atomic E-state index is -0.0217. The summed E-state index contributed by atoms with van der Waals surface area (Å²) in [6, 6.07) is 15.9. The Morgan fingerprint density at radius 2 is 1.93 bits per heavy atom. The summed E-state index contributed by atoms with van der Waals surface area (Å²) in [4.78, 5) is 18.1. The number of imidazole rings is 1. The van der Waals surface area contributed by atoms with Gasteiger partial charge < -0.3 is 9.88 Å². The number of aryl methyl sites for hydroxylation is 1. The molecule has 0 saturated carbocycles. The number of aromatic nitrogens is 3. The predicted molar refractivity (Wildman–Crippen MR) is 114 cm³/mol. The molecule has 3 aromatic heterocycles. The number of carbonyl (C=O) groups is 1. The third-order valence-corrected chi connectivity index (χ3v) is 5.66. The van der Waals surface area contributed by atoms with E-state index in [9.17, 15) is 4.79 Å². The zero-order valence-corrected chi connectivity index (χ0v) is 16.1. The van der Waals surface area contributed by atoms with Gasteiger partial charge in [-0.15, -0.1) is 11.3 Å². The first-order valence-electron chi connectivity index (χ1n) is 9.03. The van der Waals surface area contributed by atoms with E-state index in [2.05, 4.69) is 27.0 Å². The van der Waals surface area contributed by atoms with Crippen LogP contribution in [0.2, 0.25) is 0 Å². The van der Waals surface area contributed by atoms with Gasteiger partial charge in [-0.05, 0) is 23.8 Å². The number of carbonyl (C=O) groups excluding carboxylic acids is 1. The number of hydrogen-bond donors (Lipinski definition) is 1. The maximum absolute atomic E-state index is 12.5. The van der Waals surface area contributed by atoms with E-state index in [1.54, 1.807) is 11.3 Å². The monoisotopic (exact) mass is 386 g/mol. The first-order chi connectivity index (χ1) is 13.7. The number of nitrogens with zero attached hydrogens (tertiary/aromatic N) is 3. The highest BCUT2D eigenvalue weighted by Crippen LogP contribution is 2.24. The fraction of sp³-hybridized carbons (Fsp3) is 0.0909. The highest BCUT2D eigenvalue weighted by Gasteiger charge is 2.11. The van der Waals surface area contributed by atoms with Crippen molar-refractivity contribution in [2.45, 2.75) is 6.42 Å². The molecule has 5 aromatic rings. The highest BCUT2D eigenvalue weighted by molar-refractivity contribution is 7.15. The molecule has 0 aliphatic rings. The number of para-hydroxylation sites is 1. The lowest BCUT2D eigenvalue weighted by Crippen LogP contribution is -2.14. The number of nitrogens with one attached hydrogen (secondary N) is 1. The van der Waals surface area contributed by atoms with Gasteiger partial charge in [0.25, 0.3) is 0 Å². The van der Waals surface area contributed by atoms with Gasteiger partial charge in [-0.3, -0.25) is 9.20 Å². The minimum Gasteiger partial charge on any atom is -0.350 e. The molecule has 0 bridgehead atoms. The molecule has 0 unspecified atom stereocenters. The first-order valence-corrected chi connectivity index (χ1v) is 9.91. The normalized spacial score (nSPS) is 11.3. The summed E-state index contributed by atoms with van der Waals surface area (Å²) in [6.45, 7) is 0. The maximum Gasteiger partial charge on any atom is 0.228 e. The van der Waals surface area contributed by atoms with E-state index in [0.29, 0.717) is 6.42 Å². The van der Waals surface area contributed by atoms with Gasteiger partial charge in [0.2, 0.25) is 5.91 Å². The zero-order valence-electron chi connectivity index (χ0n) is 15.3. The summed E-state index contributed by atoms with van der Waals surface area (Å²) in [5, 5.41) is 6.13. The average Bonchev–Trinajstić information content (AvgIpc) is 3.37. The van der Waals surface area contributed by atoms with E-state index in [-0.39, 0.29) is 5.91 Å². The molecule has 6 heteroatoms. The Labute approximate surface area is 165 Å². The second-order valence-corrected chi connectivity index (χ2v) is 7.68. The third kappa shape index (κ3) is 2.97. The Bertz CT molecular complexity index is 1260. The number of hydrogen-bond acceptors (Lipinski definition) is 3. The molecule has 1 N–H and O–H groups in total. The molecular weight excluding hydrogens is 368 g/mol. The van der Waals surface area contributed by atoms with Crippen LogP contribution in [0, 0.1) is 0 Å². The van der Waals surface area contributed by atoms with Gasteiger partial charge in [0.15, 0.2) is 4.96 Å². The summed E-state index contributed by atoms with van der Waals surface area (Å²) >= 11 is 1.61. The van der Waals surface area contributed by atoms with E-state index >= 15 is 0 Å². The molecule has 1 amide bonds. The molecule has 0 fully saturated rings. The van der Waals surface area contributed by atoms with Gasteiger partial charge in [-0.25, -0.2) is 4.98 Å². The van der Waals surface area contributed by atoms with E-state index in [1.807, 2.05) is 71.8 Å². The van der Waals surface area contributed by atoms with Gasteiger partial charge >= 0.3 is 0 Å². The fourth-order valence-corrected chi connectivity index (χ4v) is 4.24. The van der Waals surface area contributed by atoms with E-state index in [4.69, 9.17) is 0 Å². The number of anilines is 1. The summed E-state index contributed by atoms with van der Waals surface area (Å²) in [7, 11) is 2.00. The predicted octanol–water partition coefficient (Wildman–Crippen LogP) is 4.74. The van der Waals surface area contributed by atoms with Crippen molar-refractivity contribution in [3.8, 4) is 11.3 Å². The Morgan fingerprint density at radius 3 is 2.75 bits per heavy atom. The number of amides is 1. The Morgan fingerprint density at radius 1 is 1.11 bits per heavy atom. The minimum absolute atomic E-state index is 0.0217. The van der Waals surface area contributed by atoms with Crippen molar-refractivity contribution in [3.63, 3.8) is 0 Å². The fourth-order valence-electron chi connectivity index (χ4n) is 3.54. The summed E-state index contributed by atoms with van der Waals surface area (Å²) < 4.78 is 4.07. The van der Waals surface area contributed by atoms with E-state index in [0.717, 1.165) is 38.4 Å². The van der Waals surface area contributed by atoms with Gasteiger partial charge in [0, 0.05) is 53.2 Å². The van der Waals surface area contributed by atoms with Crippen LogP contribution >= 0.6 is 11.3 Å². The number of fused-ring (bicyclic) bond motifs is 2. The van der Waals surface area contributed by atoms with Crippen LogP contribution in [0.3, 0.4) is 0 Å². The molecule has 28 heavy (non-hydrogen) atoms. The van der Waals surface area contributed by atoms with Crippen molar-refractivity contribution in [1.82, 2.24) is 14.0 Å². The van der Waals surface area contributed by atoms with E-state index < -0.39 is 0 Å². The molecule has 2 aromatic carbocycles. The van der Waals surface area contributed by atoms with Crippen molar-refractivity contribution in [2.24, 2.45) is 7.05 Å². The zero-order chi connectivity index (χ0) is 19.1. The van der Waals surface area contributed by atoms with Crippen LogP contribution in [0.5, 0.6) is 0 Å². The van der Waals surface area contributed by atoms with Crippen LogP contribution in [0.25, 0.3) is 27.1 Å².